The van der Waals surface area contributed by atoms with E-state index < -0.39 is 13.3 Å². The molecule has 1 aliphatic carbocycles. The second-order valence-electron chi connectivity index (χ2n) is 17.5. The summed E-state index contributed by atoms with van der Waals surface area (Å²) in [5.41, 5.74) is 12.2. The van der Waals surface area contributed by atoms with Crippen molar-refractivity contribution in [3.05, 3.63) is 132 Å². The maximum atomic E-state index is 6.30. The van der Waals surface area contributed by atoms with E-state index in [0.717, 1.165) is 78.6 Å². The van der Waals surface area contributed by atoms with Gasteiger partial charge >= 0.3 is 137 Å². The molecule has 0 N–H and O–H groups in total. The minimum atomic E-state index is -1.87. The fourth-order valence-electron chi connectivity index (χ4n) is 8.10. The summed E-state index contributed by atoms with van der Waals surface area (Å²) in [6.07, 6.45) is 12.8. The van der Waals surface area contributed by atoms with Gasteiger partial charge in [0.1, 0.15) is 5.58 Å². The largest absolute Gasteiger partial charge is 0 e. The number of imidazole rings is 1. The second kappa shape index (κ2) is 16.4. The number of nitrogens with zero attached hydrogens (tertiary/aromatic N) is 5. The molecule has 9 rings (SSSR count). The predicted octanol–water partition coefficient (Wildman–Crippen LogP) is 11.9. The van der Waals surface area contributed by atoms with E-state index in [4.69, 9.17) is 14.4 Å². The van der Waals surface area contributed by atoms with E-state index in [2.05, 4.69) is 119 Å². The number of aryl methyl sites for hydroxylation is 2. The molecule has 1 fully saturated rings. The van der Waals surface area contributed by atoms with Crippen molar-refractivity contribution in [2.45, 2.75) is 89.4 Å². The van der Waals surface area contributed by atoms with Gasteiger partial charge in [-0.25, -0.2) is 0 Å². The van der Waals surface area contributed by atoms with E-state index in [9.17, 15) is 0 Å². The molecule has 0 saturated heterocycles. The zero-order chi connectivity index (χ0) is 39.2. The molecule has 57 heavy (non-hydrogen) atoms. The average molecular weight is 991 g/mol. The first-order valence-corrected chi connectivity index (χ1v) is 27.3. The third-order valence-electron chi connectivity index (χ3n) is 11.1. The Hall–Kier alpha value is -4.43. The smallest absolute Gasteiger partial charge is 0 e. The van der Waals surface area contributed by atoms with Crippen molar-refractivity contribution in [1.29, 1.82) is 0 Å². The van der Waals surface area contributed by atoms with Crippen LogP contribution < -0.4 is 4.40 Å². The van der Waals surface area contributed by atoms with E-state index in [1.54, 1.807) is 16.2 Å². The molecule has 8 aromatic rings. The summed E-state index contributed by atoms with van der Waals surface area (Å²) in [6.45, 7) is 10.6. The predicted molar refractivity (Wildman–Crippen MR) is 234 cm³/mol. The van der Waals surface area contributed by atoms with Crippen molar-refractivity contribution in [1.82, 2.24) is 24.5 Å². The van der Waals surface area contributed by atoms with Crippen molar-refractivity contribution in [3.8, 4) is 28.3 Å². The van der Waals surface area contributed by atoms with Crippen LogP contribution >= 0.6 is 0 Å². The summed E-state index contributed by atoms with van der Waals surface area (Å²) in [6, 6.07) is 34.0. The Labute approximate surface area is 353 Å². The summed E-state index contributed by atoms with van der Waals surface area (Å²) in [5.74, 6) is 9.09. The monoisotopic (exact) mass is 992 g/mol. The molecule has 0 aliphatic heterocycles. The van der Waals surface area contributed by atoms with Gasteiger partial charge in [-0.15, -0.1) is 18.2 Å². The van der Waals surface area contributed by atoms with Gasteiger partial charge in [-0.3, -0.25) is 15.0 Å². The molecular formula is C49H51GeIrN5O-2. The Balaban J connectivity index is 0.000000188. The SMILES string of the molecule is Cc1cc2nc(-c3[c-]ccc4c3oc3cnc(C)cc34)n(-c3ccc(C(C)(C)C)cc3)c2cn1.[CH3][Ge]([CH3])([CH3])[c]1cnc(-c2[c-]cccc2)cc1CC1CCCC1.[Ir]. The van der Waals surface area contributed by atoms with Crippen LogP contribution in [0.5, 0.6) is 0 Å². The van der Waals surface area contributed by atoms with Crippen LogP contribution in [0.4, 0.5) is 0 Å². The van der Waals surface area contributed by atoms with E-state index in [1.807, 2.05) is 50.4 Å². The van der Waals surface area contributed by atoms with Crippen LogP contribution in [-0.4, -0.2) is 37.8 Å². The average Bonchev–Trinajstić information content (AvgIpc) is 3.92. The molecule has 8 heteroatoms. The van der Waals surface area contributed by atoms with Gasteiger partial charge in [0.2, 0.25) is 0 Å². The zero-order valence-corrected chi connectivity index (χ0v) is 38.8. The molecule has 6 nitrogen and oxygen atoms in total. The molecule has 0 bridgehead atoms. The van der Waals surface area contributed by atoms with Crippen LogP contribution in [0.15, 0.2) is 102 Å². The first-order valence-electron chi connectivity index (χ1n) is 20.0. The van der Waals surface area contributed by atoms with Crippen molar-refractivity contribution >= 4 is 50.6 Å². The number of hydrogen-bond acceptors (Lipinski definition) is 5. The zero-order valence-electron chi connectivity index (χ0n) is 34.3. The van der Waals surface area contributed by atoms with Crippen LogP contribution in [0.25, 0.3) is 61.3 Å². The minimum Gasteiger partial charge on any atom is 0 e. The molecular weight excluding hydrogens is 939 g/mol. The van der Waals surface area contributed by atoms with E-state index in [1.165, 1.54) is 37.7 Å². The molecule has 1 radical (unpaired) electrons. The van der Waals surface area contributed by atoms with Gasteiger partial charge in [0.15, 0.2) is 0 Å². The van der Waals surface area contributed by atoms with Crippen LogP contribution in [0, 0.1) is 31.9 Å². The fraction of sp³-hybridized carbons (Fsp3) is 0.306. The minimum absolute atomic E-state index is 0. The first-order chi connectivity index (χ1) is 26.8. The normalized spacial score (nSPS) is 13.5. The summed E-state index contributed by atoms with van der Waals surface area (Å²) < 4.78 is 10.0. The number of aromatic nitrogens is 5. The summed E-state index contributed by atoms with van der Waals surface area (Å²) in [4.78, 5) is 18.8. The summed E-state index contributed by atoms with van der Waals surface area (Å²) >= 11 is -1.87. The van der Waals surface area contributed by atoms with Gasteiger partial charge in [-0.1, -0.05) is 43.9 Å². The van der Waals surface area contributed by atoms with Gasteiger partial charge in [-0.05, 0) is 49.1 Å². The quantitative estimate of drug-likeness (QED) is 0.123. The number of hydrogen-bond donors (Lipinski definition) is 0. The van der Waals surface area contributed by atoms with Crippen molar-refractivity contribution in [2.24, 2.45) is 5.92 Å². The second-order valence-corrected chi connectivity index (χ2v) is 28.1. The molecule has 293 valence electrons. The van der Waals surface area contributed by atoms with Gasteiger partial charge in [0.05, 0.1) is 34.8 Å². The maximum Gasteiger partial charge on any atom is 0 e. The van der Waals surface area contributed by atoms with Gasteiger partial charge in [-0.2, -0.15) is 0 Å². The number of furan rings is 1. The molecule has 5 aromatic heterocycles. The van der Waals surface area contributed by atoms with Gasteiger partial charge < -0.3 is 8.98 Å². The van der Waals surface area contributed by atoms with E-state index >= 15 is 0 Å². The molecule has 0 unspecified atom stereocenters. The third-order valence-corrected chi connectivity index (χ3v) is 15.4. The first kappa shape index (κ1) is 40.8. The standard InChI is InChI=1S/C29H25N4O.C20H26GeN.Ir/c1-17-13-23-21-7-6-8-22(27(21)34-26(23)16-31-17)28-32-24-14-18(2)30-15-25(24)33(28)20-11-9-19(10-12-20)29(3,4)5;1-21(2,3)19-15-22-20(17-11-5-4-6-12-17)14-18(19)13-16-9-7-8-10-16;/h6-7,9-16H,1-5H3;4-6,11,14-16H,7-10,13H2,1-3H3;/q2*-1;. The van der Waals surface area contributed by atoms with Crippen molar-refractivity contribution in [3.63, 3.8) is 0 Å². The van der Waals surface area contributed by atoms with Crippen LogP contribution in [0.3, 0.4) is 0 Å². The summed E-state index contributed by atoms with van der Waals surface area (Å²) in [7, 11) is 0. The fourth-order valence-corrected chi connectivity index (χ4v) is 11.4. The molecule has 1 saturated carbocycles. The van der Waals surface area contributed by atoms with E-state index in [-0.39, 0.29) is 25.5 Å². The Morgan fingerprint density at radius 3 is 2.25 bits per heavy atom. The Kier molecular flexibility index (Phi) is 11.8. The Bertz CT molecular complexity index is 2660. The van der Waals surface area contributed by atoms with Crippen molar-refractivity contribution in [2.75, 3.05) is 0 Å². The van der Waals surface area contributed by atoms with Gasteiger partial charge in [0, 0.05) is 42.6 Å². The number of pyridine rings is 3. The topological polar surface area (TPSA) is 69.6 Å². The van der Waals surface area contributed by atoms with Gasteiger partial charge in [0.25, 0.3) is 0 Å². The third kappa shape index (κ3) is 8.57. The van der Waals surface area contributed by atoms with Crippen LogP contribution in [-0.2, 0) is 31.9 Å². The van der Waals surface area contributed by atoms with Crippen LogP contribution in [0.1, 0.15) is 69.0 Å². The van der Waals surface area contributed by atoms with E-state index in [0.29, 0.717) is 0 Å². The summed E-state index contributed by atoms with van der Waals surface area (Å²) in [5, 5.41) is 2.08. The molecule has 0 amide bonds. The Morgan fingerprint density at radius 1 is 0.807 bits per heavy atom. The van der Waals surface area contributed by atoms with Crippen molar-refractivity contribution < 1.29 is 24.5 Å². The molecule has 1 aliphatic rings. The molecule has 0 spiro atoms. The number of fused-ring (bicyclic) bond motifs is 4. The number of rotatable bonds is 6. The number of benzene rings is 3. The molecule has 5 heterocycles. The maximum absolute atomic E-state index is 6.30. The molecule has 0 atom stereocenters. The molecule has 3 aromatic carbocycles. The van der Waals surface area contributed by atoms with Crippen LogP contribution in [0.2, 0.25) is 17.3 Å². The Morgan fingerprint density at radius 2 is 1.54 bits per heavy atom.